The van der Waals surface area contributed by atoms with Crippen LogP contribution < -0.4 is 0 Å². The molecule has 2 N–H and O–H groups in total. The van der Waals surface area contributed by atoms with E-state index in [-0.39, 0.29) is 0 Å². The molecule has 4 heteroatoms. The molecule has 0 bridgehead atoms. The molecular weight excluding hydrogens is 252 g/mol. The van der Waals surface area contributed by atoms with Gasteiger partial charge in [-0.15, -0.1) is 0 Å². The third-order valence-corrected chi connectivity index (χ3v) is 3.88. The lowest BCUT2D eigenvalue weighted by molar-refractivity contribution is 0.665. The van der Waals surface area contributed by atoms with Crippen LogP contribution in [0.5, 0.6) is 0 Å². The molecule has 0 aliphatic heterocycles. The van der Waals surface area contributed by atoms with Gasteiger partial charge in [-0.3, -0.25) is 0 Å². The maximum Gasteiger partial charge on any atom is 0.174 e. The molecule has 1 aliphatic carbocycles. The molecule has 1 aromatic heterocycles. The normalized spacial score (nSPS) is 18.3. The SMILES string of the molecule is S=c1[nH]cc(CC2CCc3cc(Cl)ccc32)[nH]1. The fourth-order valence-electron chi connectivity index (χ4n) is 2.63. The molecule has 2 aromatic rings. The van der Waals surface area contributed by atoms with Gasteiger partial charge in [0, 0.05) is 16.9 Å². The molecular formula is C13H13ClN2S. The van der Waals surface area contributed by atoms with E-state index in [0.29, 0.717) is 10.7 Å². The number of halogens is 1. The van der Waals surface area contributed by atoms with Crippen LogP contribution in [0.1, 0.15) is 29.2 Å². The minimum atomic E-state index is 0.587. The van der Waals surface area contributed by atoms with Gasteiger partial charge in [-0.25, -0.2) is 0 Å². The molecule has 0 spiro atoms. The Bertz CT molecular complexity index is 599. The van der Waals surface area contributed by atoms with Crippen molar-refractivity contribution in [3.63, 3.8) is 0 Å². The summed E-state index contributed by atoms with van der Waals surface area (Å²) >= 11 is 11.0. The van der Waals surface area contributed by atoms with Crippen LogP contribution in [-0.2, 0) is 12.8 Å². The van der Waals surface area contributed by atoms with Crippen molar-refractivity contribution >= 4 is 23.8 Å². The molecule has 0 radical (unpaired) electrons. The van der Waals surface area contributed by atoms with Gasteiger partial charge in [0.05, 0.1) is 0 Å². The highest BCUT2D eigenvalue weighted by Crippen LogP contribution is 2.36. The van der Waals surface area contributed by atoms with Crippen LogP contribution in [0.4, 0.5) is 0 Å². The number of aryl methyl sites for hydroxylation is 1. The van der Waals surface area contributed by atoms with Gasteiger partial charge in [-0.05, 0) is 60.7 Å². The fourth-order valence-corrected chi connectivity index (χ4v) is 3.02. The number of H-pyrrole nitrogens is 2. The lowest BCUT2D eigenvalue weighted by atomic mass is 9.96. The van der Waals surface area contributed by atoms with E-state index in [1.54, 1.807) is 0 Å². The van der Waals surface area contributed by atoms with Crippen molar-refractivity contribution in [3.8, 4) is 0 Å². The first-order valence-corrected chi connectivity index (χ1v) is 6.56. The van der Waals surface area contributed by atoms with Crippen molar-refractivity contribution < 1.29 is 0 Å². The van der Waals surface area contributed by atoms with E-state index in [0.717, 1.165) is 17.9 Å². The first kappa shape index (κ1) is 11.1. The molecule has 0 saturated carbocycles. The second-order valence-electron chi connectivity index (χ2n) is 4.55. The predicted molar refractivity (Wildman–Crippen MR) is 72.2 cm³/mol. The van der Waals surface area contributed by atoms with Crippen LogP contribution in [0, 0.1) is 4.77 Å². The van der Waals surface area contributed by atoms with E-state index in [1.165, 1.54) is 23.2 Å². The standard InChI is InChI=1S/C13H13ClN2S/c14-10-3-4-12-8(5-10)1-2-9(12)6-11-7-15-13(17)16-11/h3-5,7,9H,1-2,6H2,(H2,15,16,17). The molecule has 1 aliphatic rings. The average Bonchev–Trinajstić information content (AvgIpc) is 2.86. The molecule has 17 heavy (non-hydrogen) atoms. The van der Waals surface area contributed by atoms with Crippen LogP contribution in [-0.4, -0.2) is 9.97 Å². The molecule has 2 nitrogen and oxygen atoms in total. The number of hydrogen-bond acceptors (Lipinski definition) is 1. The van der Waals surface area contributed by atoms with Crippen molar-refractivity contribution in [2.24, 2.45) is 0 Å². The highest BCUT2D eigenvalue weighted by atomic mass is 35.5. The Kier molecular flexibility index (Phi) is 2.81. The molecule has 1 unspecified atom stereocenters. The van der Waals surface area contributed by atoms with Gasteiger partial charge < -0.3 is 9.97 Å². The fraction of sp³-hybridized carbons (Fsp3) is 0.308. The molecule has 1 heterocycles. The Hall–Kier alpha value is -1.06. The van der Waals surface area contributed by atoms with E-state index in [2.05, 4.69) is 22.1 Å². The summed E-state index contributed by atoms with van der Waals surface area (Å²) in [6, 6.07) is 6.24. The Morgan fingerprint density at radius 1 is 1.41 bits per heavy atom. The zero-order chi connectivity index (χ0) is 11.8. The second kappa shape index (κ2) is 4.31. The summed E-state index contributed by atoms with van der Waals surface area (Å²) < 4.78 is 0.703. The minimum absolute atomic E-state index is 0.587. The minimum Gasteiger partial charge on any atom is -0.337 e. The molecule has 0 saturated heterocycles. The highest BCUT2D eigenvalue weighted by molar-refractivity contribution is 7.71. The Labute approximate surface area is 110 Å². The first-order valence-electron chi connectivity index (χ1n) is 5.77. The van der Waals surface area contributed by atoms with E-state index >= 15 is 0 Å². The maximum atomic E-state index is 6.01. The van der Waals surface area contributed by atoms with Gasteiger partial charge >= 0.3 is 0 Å². The predicted octanol–water partition coefficient (Wildman–Crippen LogP) is 4.00. The van der Waals surface area contributed by atoms with Crippen LogP contribution in [0.25, 0.3) is 0 Å². The van der Waals surface area contributed by atoms with Gasteiger partial charge in [-0.2, -0.15) is 0 Å². The van der Waals surface area contributed by atoms with Crippen molar-refractivity contribution in [3.05, 3.63) is 51.0 Å². The topological polar surface area (TPSA) is 31.6 Å². The number of hydrogen-bond donors (Lipinski definition) is 2. The van der Waals surface area contributed by atoms with Gasteiger partial charge in [-0.1, -0.05) is 17.7 Å². The summed E-state index contributed by atoms with van der Waals surface area (Å²) in [5.74, 6) is 0.587. The monoisotopic (exact) mass is 264 g/mol. The number of nitrogens with one attached hydrogen (secondary N) is 2. The quantitative estimate of drug-likeness (QED) is 0.790. The molecule has 0 amide bonds. The molecule has 88 valence electrons. The van der Waals surface area contributed by atoms with Crippen molar-refractivity contribution in [1.82, 2.24) is 9.97 Å². The summed E-state index contributed by atoms with van der Waals surface area (Å²) in [7, 11) is 0. The third-order valence-electron chi connectivity index (χ3n) is 3.42. The van der Waals surface area contributed by atoms with E-state index < -0.39 is 0 Å². The zero-order valence-electron chi connectivity index (χ0n) is 9.29. The largest absolute Gasteiger partial charge is 0.337 e. The van der Waals surface area contributed by atoms with Gasteiger partial charge in [0.1, 0.15) is 0 Å². The van der Waals surface area contributed by atoms with Crippen molar-refractivity contribution in [1.29, 1.82) is 0 Å². The Morgan fingerprint density at radius 3 is 3.06 bits per heavy atom. The molecule has 1 atom stereocenters. The number of rotatable bonds is 2. The van der Waals surface area contributed by atoms with Crippen molar-refractivity contribution in [2.45, 2.75) is 25.2 Å². The van der Waals surface area contributed by atoms with Crippen LogP contribution in [0.15, 0.2) is 24.4 Å². The number of fused-ring (bicyclic) bond motifs is 1. The Balaban J connectivity index is 1.86. The zero-order valence-corrected chi connectivity index (χ0v) is 10.9. The van der Waals surface area contributed by atoms with Gasteiger partial charge in [0.15, 0.2) is 4.77 Å². The van der Waals surface area contributed by atoms with Gasteiger partial charge in [0.25, 0.3) is 0 Å². The summed E-state index contributed by atoms with van der Waals surface area (Å²) in [5.41, 5.74) is 4.02. The summed E-state index contributed by atoms with van der Waals surface area (Å²) in [4.78, 5) is 6.19. The number of benzene rings is 1. The van der Waals surface area contributed by atoms with E-state index in [4.69, 9.17) is 23.8 Å². The van der Waals surface area contributed by atoms with Crippen molar-refractivity contribution in [2.75, 3.05) is 0 Å². The molecule has 0 fully saturated rings. The van der Waals surface area contributed by atoms with E-state index in [9.17, 15) is 0 Å². The lowest BCUT2D eigenvalue weighted by Gasteiger charge is -2.09. The first-order chi connectivity index (χ1) is 8.22. The number of aromatic amines is 2. The summed E-state index contributed by atoms with van der Waals surface area (Å²) in [5, 5.41) is 0.838. The van der Waals surface area contributed by atoms with Crippen LogP contribution >= 0.6 is 23.8 Å². The van der Waals surface area contributed by atoms with Crippen LogP contribution in [0.2, 0.25) is 5.02 Å². The third kappa shape index (κ3) is 2.17. The van der Waals surface area contributed by atoms with E-state index in [1.807, 2.05) is 12.3 Å². The summed E-state index contributed by atoms with van der Waals surface area (Å²) in [6.07, 6.45) is 5.31. The Morgan fingerprint density at radius 2 is 2.29 bits per heavy atom. The highest BCUT2D eigenvalue weighted by Gasteiger charge is 2.22. The lowest BCUT2D eigenvalue weighted by Crippen LogP contribution is -1.98. The smallest absolute Gasteiger partial charge is 0.174 e. The number of aromatic nitrogens is 2. The molecule has 1 aromatic carbocycles. The summed E-state index contributed by atoms with van der Waals surface area (Å²) in [6.45, 7) is 0. The van der Waals surface area contributed by atoms with Crippen LogP contribution in [0.3, 0.4) is 0 Å². The second-order valence-corrected chi connectivity index (χ2v) is 5.40. The van der Waals surface area contributed by atoms with Gasteiger partial charge in [0.2, 0.25) is 0 Å². The number of imidazole rings is 1. The maximum absolute atomic E-state index is 6.01. The molecule has 3 rings (SSSR count). The average molecular weight is 265 g/mol.